The molecule has 3 rings (SSSR count). The Balaban J connectivity index is 1.91. The topological polar surface area (TPSA) is 0 Å². The molecule has 0 N–H and O–H groups in total. The second kappa shape index (κ2) is 5.51. The summed E-state index contributed by atoms with van der Waals surface area (Å²) in [5.74, 6) is 0. The maximum Gasteiger partial charge on any atom is 0.0711 e. The van der Waals surface area contributed by atoms with Crippen LogP contribution >= 0.6 is 41.2 Å². The molecule has 16 heavy (non-hydrogen) atoms. The fourth-order valence-electron chi connectivity index (χ4n) is 2.44. The predicted octanol–water partition coefficient (Wildman–Crippen LogP) is 6.11. The second-order valence-corrected chi connectivity index (χ2v) is 10.2. The lowest BCUT2D eigenvalue weighted by Gasteiger charge is -2.13. The monoisotopic (exact) mass is 286 g/mol. The lowest BCUT2D eigenvalue weighted by atomic mass is 9.94. The normalized spacial score (nSPS) is 26.0. The van der Waals surface area contributed by atoms with Crippen molar-refractivity contribution in [2.45, 2.75) is 38.5 Å². The first-order valence-electron chi connectivity index (χ1n) is 5.78. The molecule has 0 unspecified atom stereocenters. The van der Waals surface area contributed by atoms with Crippen molar-refractivity contribution < 1.29 is 0 Å². The molecular formula is C12H14S4. The Morgan fingerprint density at radius 2 is 1.56 bits per heavy atom. The summed E-state index contributed by atoms with van der Waals surface area (Å²) in [6, 6.07) is 0. The van der Waals surface area contributed by atoms with Crippen LogP contribution in [0, 0.1) is 0 Å². The van der Waals surface area contributed by atoms with Crippen molar-refractivity contribution >= 4 is 41.2 Å². The largest absolute Gasteiger partial charge is 0.0711 e. The summed E-state index contributed by atoms with van der Waals surface area (Å²) in [5.41, 5.74) is 4.84. The number of allylic oxidation sites excluding steroid dienone is 5. The van der Waals surface area contributed by atoms with Crippen LogP contribution in [-0.2, 0) is 0 Å². The van der Waals surface area contributed by atoms with Gasteiger partial charge in [-0.25, -0.2) is 0 Å². The van der Waals surface area contributed by atoms with E-state index in [-0.39, 0.29) is 0 Å². The van der Waals surface area contributed by atoms with Crippen LogP contribution in [0.5, 0.6) is 0 Å². The summed E-state index contributed by atoms with van der Waals surface area (Å²) in [4.78, 5) is 0. The predicted molar refractivity (Wildman–Crippen MR) is 81.3 cm³/mol. The number of hydrogen-bond donors (Lipinski definition) is 0. The van der Waals surface area contributed by atoms with Crippen molar-refractivity contribution in [3.63, 3.8) is 0 Å². The summed E-state index contributed by atoms with van der Waals surface area (Å²) in [6.45, 7) is 0. The highest BCUT2D eigenvalue weighted by Gasteiger charge is 2.22. The van der Waals surface area contributed by atoms with E-state index < -0.39 is 0 Å². The van der Waals surface area contributed by atoms with E-state index in [2.05, 4.69) is 12.2 Å². The average Bonchev–Trinajstić information content (AvgIpc) is 2.86. The van der Waals surface area contributed by atoms with Gasteiger partial charge in [0.15, 0.2) is 0 Å². The number of rotatable bonds is 0. The minimum atomic E-state index is 1.30. The molecule has 0 aromatic heterocycles. The van der Waals surface area contributed by atoms with Crippen molar-refractivity contribution in [1.29, 1.82) is 0 Å². The molecule has 0 nitrogen and oxygen atoms in total. The Hall–Kier alpha value is 0.620. The zero-order valence-corrected chi connectivity index (χ0v) is 12.3. The smallest absolute Gasteiger partial charge is 0.0581 e. The molecule has 4 heteroatoms. The summed E-state index contributed by atoms with van der Waals surface area (Å²) in [5, 5.41) is 0. The van der Waals surface area contributed by atoms with Crippen molar-refractivity contribution in [1.82, 2.24) is 0 Å². The lowest BCUT2D eigenvalue weighted by Crippen LogP contribution is -1.94. The third-order valence-corrected chi connectivity index (χ3v) is 10.1. The first-order chi connectivity index (χ1) is 7.95. The summed E-state index contributed by atoms with van der Waals surface area (Å²) in [7, 11) is 7.69. The van der Waals surface area contributed by atoms with E-state index >= 15 is 0 Å². The van der Waals surface area contributed by atoms with E-state index in [1.54, 1.807) is 16.7 Å². The summed E-state index contributed by atoms with van der Waals surface area (Å²) < 4.78 is 1.52. The third-order valence-electron chi connectivity index (χ3n) is 3.25. The highest BCUT2D eigenvalue weighted by Crippen LogP contribution is 2.63. The fraction of sp³-hybridized carbons (Fsp3) is 0.500. The Labute approximate surface area is 112 Å². The van der Waals surface area contributed by atoms with Crippen LogP contribution in [0.25, 0.3) is 0 Å². The van der Waals surface area contributed by atoms with Crippen LogP contribution in [0.1, 0.15) is 38.5 Å². The van der Waals surface area contributed by atoms with Crippen LogP contribution < -0.4 is 0 Å². The maximum atomic E-state index is 2.37. The van der Waals surface area contributed by atoms with Gasteiger partial charge in [0.2, 0.25) is 0 Å². The van der Waals surface area contributed by atoms with Gasteiger partial charge >= 0.3 is 0 Å². The quantitative estimate of drug-likeness (QED) is 0.492. The van der Waals surface area contributed by atoms with Gasteiger partial charge in [0, 0.05) is 0 Å². The molecule has 1 heterocycles. The van der Waals surface area contributed by atoms with Crippen LogP contribution in [-0.4, -0.2) is 0 Å². The summed E-state index contributed by atoms with van der Waals surface area (Å²) >= 11 is 0. The van der Waals surface area contributed by atoms with E-state index in [1.807, 2.05) is 41.2 Å². The molecule has 2 aliphatic carbocycles. The minimum Gasteiger partial charge on any atom is -0.0581 e. The van der Waals surface area contributed by atoms with Crippen LogP contribution in [0.15, 0.2) is 33.1 Å². The molecule has 0 amide bonds. The van der Waals surface area contributed by atoms with Gasteiger partial charge in [-0.2, -0.15) is 0 Å². The Kier molecular flexibility index (Phi) is 4.03. The molecule has 86 valence electrons. The standard InChI is InChI=1S/C12H14S4/c1-2-4-6-10-9(5-3-1)7-8-11(10)12-13-15-16-14-12/h7-8H,1-6H2. The SMILES string of the molecule is C1=CC(=C2SSSS2)C2=C1CCCCCC2. The first kappa shape index (κ1) is 11.7. The third kappa shape index (κ3) is 2.40. The molecule has 0 bridgehead atoms. The Morgan fingerprint density at radius 3 is 2.38 bits per heavy atom. The van der Waals surface area contributed by atoms with Crippen LogP contribution in [0.2, 0.25) is 0 Å². The van der Waals surface area contributed by atoms with Gasteiger partial charge in [-0.1, -0.05) is 25.0 Å². The molecular weight excluding hydrogens is 272 g/mol. The van der Waals surface area contributed by atoms with Gasteiger partial charge in [0.05, 0.1) is 4.24 Å². The number of hydrogen-bond acceptors (Lipinski definition) is 4. The van der Waals surface area contributed by atoms with Crippen LogP contribution in [0.4, 0.5) is 0 Å². The fourth-order valence-corrected chi connectivity index (χ4v) is 9.98. The second-order valence-electron chi connectivity index (χ2n) is 4.26. The molecule has 0 aromatic carbocycles. The first-order valence-corrected chi connectivity index (χ1v) is 10.6. The van der Waals surface area contributed by atoms with Crippen molar-refractivity contribution in [2.24, 2.45) is 0 Å². The van der Waals surface area contributed by atoms with Gasteiger partial charge in [-0.15, -0.1) is 0 Å². The molecule has 0 saturated carbocycles. The van der Waals surface area contributed by atoms with E-state index in [0.717, 1.165) is 0 Å². The van der Waals surface area contributed by atoms with Gasteiger partial charge in [0.1, 0.15) is 0 Å². The Morgan fingerprint density at radius 1 is 0.812 bits per heavy atom. The molecule has 0 atom stereocenters. The maximum absolute atomic E-state index is 2.37. The highest BCUT2D eigenvalue weighted by molar-refractivity contribution is 9.32. The molecule has 1 fully saturated rings. The zero-order chi connectivity index (χ0) is 10.8. The summed E-state index contributed by atoms with van der Waals surface area (Å²) in [6.07, 6.45) is 12.9. The molecule has 0 spiro atoms. The van der Waals surface area contributed by atoms with Gasteiger partial charge < -0.3 is 0 Å². The van der Waals surface area contributed by atoms with E-state index in [9.17, 15) is 0 Å². The minimum absolute atomic E-state index is 1.30. The lowest BCUT2D eigenvalue weighted by molar-refractivity contribution is 0.621. The van der Waals surface area contributed by atoms with E-state index in [4.69, 9.17) is 0 Å². The molecule has 0 aromatic rings. The van der Waals surface area contributed by atoms with Crippen molar-refractivity contribution in [3.05, 3.63) is 33.1 Å². The zero-order valence-electron chi connectivity index (χ0n) is 9.03. The molecule has 3 aliphatic rings. The average molecular weight is 287 g/mol. The van der Waals surface area contributed by atoms with Crippen molar-refractivity contribution in [2.75, 3.05) is 0 Å². The van der Waals surface area contributed by atoms with Crippen molar-refractivity contribution in [3.8, 4) is 0 Å². The molecule has 0 radical (unpaired) electrons. The Bertz CT molecular complexity index is 370. The molecule has 1 saturated heterocycles. The highest BCUT2D eigenvalue weighted by atomic mass is 33.7. The van der Waals surface area contributed by atoms with Gasteiger partial charge in [0.25, 0.3) is 0 Å². The van der Waals surface area contributed by atoms with Gasteiger partial charge in [-0.05, 0) is 83.6 Å². The molecule has 1 aliphatic heterocycles. The van der Waals surface area contributed by atoms with E-state index in [0.29, 0.717) is 0 Å². The van der Waals surface area contributed by atoms with E-state index in [1.165, 1.54) is 42.8 Å². The van der Waals surface area contributed by atoms with Gasteiger partial charge in [-0.3, -0.25) is 0 Å². The van der Waals surface area contributed by atoms with Crippen LogP contribution in [0.3, 0.4) is 0 Å².